The molecule has 0 radical (unpaired) electrons. The summed E-state index contributed by atoms with van der Waals surface area (Å²) in [4.78, 5) is 18.8. The van der Waals surface area contributed by atoms with E-state index in [9.17, 15) is 4.79 Å². The molecule has 3 aliphatic rings. The molecule has 0 bridgehead atoms. The van der Waals surface area contributed by atoms with Gasteiger partial charge in [0, 0.05) is 61.1 Å². The molecule has 0 spiro atoms. The molecular weight excluding hydrogens is 468 g/mol. The molecule has 1 atom stereocenters. The fourth-order valence-electron chi connectivity index (χ4n) is 5.40. The Morgan fingerprint density at radius 2 is 1.76 bits per heavy atom. The zero-order valence-electron chi connectivity index (χ0n) is 21.0. The number of amides is 1. The van der Waals surface area contributed by atoms with Crippen LogP contribution in [0, 0.1) is 0 Å². The number of aromatic amines is 1. The Labute approximate surface area is 216 Å². The molecule has 2 aromatic carbocycles. The van der Waals surface area contributed by atoms with Gasteiger partial charge in [-0.15, -0.1) is 0 Å². The average Bonchev–Trinajstić information content (AvgIpc) is 3.67. The zero-order chi connectivity index (χ0) is 25.2. The lowest BCUT2D eigenvalue weighted by Crippen LogP contribution is -2.41. The van der Waals surface area contributed by atoms with Crippen LogP contribution in [0.3, 0.4) is 0 Å². The number of nitrogens with zero attached hydrogens (tertiary/aromatic N) is 2. The van der Waals surface area contributed by atoms with Crippen molar-refractivity contribution in [2.24, 2.45) is 0 Å². The summed E-state index contributed by atoms with van der Waals surface area (Å²) in [5.41, 5.74) is 5.64. The van der Waals surface area contributed by atoms with E-state index < -0.39 is 0 Å². The number of ether oxygens (including phenoxy) is 3. The van der Waals surface area contributed by atoms with Gasteiger partial charge in [0.2, 0.25) is 6.79 Å². The molecule has 192 valence electrons. The van der Waals surface area contributed by atoms with Gasteiger partial charge in [-0.1, -0.05) is 30.3 Å². The second-order valence-electron chi connectivity index (χ2n) is 9.56. The van der Waals surface area contributed by atoms with Crippen molar-refractivity contribution in [2.45, 2.75) is 19.4 Å². The van der Waals surface area contributed by atoms with E-state index in [0.29, 0.717) is 13.3 Å². The molecule has 4 aromatic rings. The van der Waals surface area contributed by atoms with Crippen LogP contribution in [0.2, 0.25) is 0 Å². The molecule has 8 heteroatoms. The number of morpholine rings is 1. The maximum absolute atomic E-state index is 12.9. The van der Waals surface area contributed by atoms with Crippen molar-refractivity contribution < 1.29 is 19.0 Å². The van der Waals surface area contributed by atoms with Gasteiger partial charge in [0.25, 0.3) is 5.91 Å². The molecule has 3 aliphatic heterocycles. The number of rotatable bonds is 4. The van der Waals surface area contributed by atoms with Crippen LogP contribution in [0.25, 0.3) is 10.9 Å². The topological polar surface area (TPSA) is 80.8 Å². The summed E-state index contributed by atoms with van der Waals surface area (Å²) in [5.74, 6) is 1.72. The maximum atomic E-state index is 12.9. The molecule has 8 nitrogen and oxygen atoms in total. The van der Waals surface area contributed by atoms with Crippen molar-refractivity contribution in [1.82, 2.24) is 19.8 Å². The molecule has 2 aromatic heterocycles. The highest BCUT2D eigenvalue weighted by Gasteiger charge is 2.28. The normalized spacial score (nSPS) is 18.0. The summed E-state index contributed by atoms with van der Waals surface area (Å²) in [6, 6.07) is 18.2. The van der Waals surface area contributed by atoms with Gasteiger partial charge in [0.05, 0.1) is 24.8 Å². The Hall–Kier alpha value is -3.75. The molecule has 1 saturated heterocycles. The molecule has 0 unspecified atom stereocenters. The SMILES string of the molecule is C[C@H]1c2[nH]c3ccccc3c2Cc2c(C(=O)NCCN3CCOCC3)ccn21.c1ccc2c(c1)OCO2. The number of carbonyl (C=O) groups excluding carboxylic acids is 1. The van der Waals surface area contributed by atoms with E-state index in [1.165, 1.54) is 22.2 Å². The first-order chi connectivity index (χ1) is 18.2. The highest BCUT2D eigenvalue weighted by molar-refractivity contribution is 5.96. The van der Waals surface area contributed by atoms with E-state index in [0.717, 1.165) is 62.0 Å². The molecule has 5 heterocycles. The van der Waals surface area contributed by atoms with Crippen LogP contribution in [0.4, 0.5) is 0 Å². The van der Waals surface area contributed by atoms with Crippen LogP contribution < -0.4 is 14.8 Å². The molecule has 37 heavy (non-hydrogen) atoms. The van der Waals surface area contributed by atoms with Crippen LogP contribution in [0.5, 0.6) is 11.5 Å². The van der Waals surface area contributed by atoms with E-state index in [-0.39, 0.29) is 11.9 Å². The van der Waals surface area contributed by atoms with E-state index in [1.807, 2.05) is 36.5 Å². The van der Waals surface area contributed by atoms with Crippen LogP contribution in [-0.4, -0.2) is 66.5 Å². The largest absolute Gasteiger partial charge is 0.454 e. The number of nitrogens with one attached hydrogen (secondary N) is 2. The van der Waals surface area contributed by atoms with Crippen molar-refractivity contribution in [1.29, 1.82) is 0 Å². The van der Waals surface area contributed by atoms with E-state index in [1.54, 1.807) is 0 Å². The Morgan fingerprint density at radius 3 is 2.54 bits per heavy atom. The molecule has 1 fully saturated rings. The molecular formula is C29H32N4O4. The Bertz CT molecular complexity index is 1380. The third-order valence-electron chi connectivity index (χ3n) is 7.39. The highest BCUT2D eigenvalue weighted by Crippen LogP contribution is 2.37. The standard InChI is InChI=1S/C22H26N4O2.C7H6O2/c1-15-21-18(16-4-2-3-5-19(16)24-21)14-20-17(6-8-26(15)20)22(27)23-7-9-25-10-12-28-13-11-25;1-2-4-7-6(3-1)8-5-9-7/h2-6,8,15,24H,7,9-14H2,1H3,(H,23,27);1-4H,5H2/t15-;/m0./s1. The molecule has 0 aliphatic carbocycles. The van der Waals surface area contributed by atoms with Crippen LogP contribution in [-0.2, 0) is 11.2 Å². The first-order valence-electron chi connectivity index (χ1n) is 12.9. The molecule has 2 N–H and O–H groups in total. The van der Waals surface area contributed by atoms with E-state index in [2.05, 4.69) is 51.0 Å². The highest BCUT2D eigenvalue weighted by atomic mass is 16.7. The van der Waals surface area contributed by atoms with Crippen molar-refractivity contribution >= 4 is 16.8 Å². The van der Waals surface area contributed by atoms with Crippen molar-refractivity contribution in [3.05, 3.63) is 83.3 Å². The summed E-state index contributed by atoms with van der Waals surface area (Å²) in [7, 11) is 0. The van der Waals surface area contributed by atoms with Crippen LogP contribution in [0.15, 0.2) is 60.8 Å². The summed E-state index contributed by atoms with van der Waals surface area (Å²) in [5, 5.41) is 4.37. The molecule has 0 saturated carbocycles. The summed E-state index contributed by atoms with van der Waals surface area (Å²) >= 11 is 0. The Balaban J connectivity index is 0.000000235. The third kappa shape index (κ3) is 4.70. The third-order valence-corrected chi connectivity index (χ3v) is 7.39. The predicted octanol–water partition coefficient (Wildman–Crippen LogP) is 3.96. The van der Waals surface area contributed by atoms with Gasteiger partial charge in [0.1, 0.15) is 0 Å². The first-order valence-corrected chi connectivity index (χ1v) is 12.9. The van der Waals surface area contributed by atoms with Crippen molar-refractivity contribution in [2.75, 3.05) is 46.2 Å². The zero-order valence-corrected chi connectivity index (χ0v) is 21.0. The number of hydrogen-bond acceptors (Lipinski definition) is 5. The minimum Gasteiger partial charge on any atom is -0.454 e. The number of aromatic nitrogens is 2. The first kappa shape index (κ1) is 23.6. The summed E-state index contributed by atoms with van der Waals surface area (Å²) in [6.45, 7) is 7.54. The van der Waals surface area contributed by atoms with Gasteiger partial charge < -0.3 is 29.1 Å². The van der Waals surface area contributed by atoms with E-state index in [4.69, 9.17) is 14.2 Å². The van der Waals surface area contributed by atoms with Crippen molar-refractivity contribution in [3.63, 3.8) is 0 Å². The van der Waals surface area contributed by atoms with Gasteiger partial charge in [-0.05, 0) is 36.8 Å². The van der Waals surface area contributed by atoms with Crippen LogP contribution >= 0.6 is 0 Å². The number of para-hydroxylation sites is 3. The predicted molar refractivity (Wildman–Crippen MR) is 142 cm³/mol. The Morgan fingerprint density at radius 1 is 1.03 bits per heavy atom. The molecule has 7 rings (SSSR count). The average molecular weight is 501 g/mol. The molecule has 1 amide bonds. The van der Waals surface area contributed by atoms with Gasteiger partial charge in [-0.2, -0.15) is 0 Å². The number of fused-ring (bicyclic) bond motifs is 5. The fraction of sp³-hybridized carbons (Fsp3) is 0.345. The number of benzene rings is 2. The van der Waals surface area contributed by atoms with Crippen LogP contribution in [0.1, 0.15) is 40.3 Å². The van der Waals surface area contributed by atoms with Gasteiger partial charge in [-0.3, -0.25) is 9.69 Å². The maximum Gasteiger partial charge on any atom is 0.253 e. The second-order valence-corrected chi connectivity index (χ2v) is 9.56. The van der Waals surface area contributed by atoms with Gasteiger partial charge >= 0.3 is 0 Å². The fourth-order valence-corrected chi connectivity index (χ4v) is 5.40. The lowest BCUT2D eigenvalue weighted by atomic mass is 9.96. The van der Waals surface area contributed by atoms with E-state index >= 15 is 0 Å². The lowest BCUT2D eigenvalue weighted by molar-refractivity contribution is 0.0383. The second kappa shape index (κ2) is 10.3. The minimum atomic E-state index is 0.0255. The Kier molecular flexibility index (Phi) is 6.59. The summed E-state index contributed by atoms with van der Waals surface area (Å²) in [6.07, 6.45) is 2.83. The summed E-state index contributed by atoms with van der Waals surface area (Å²) < 4.78 is 17.8. The lowest BCUT2D eigenvalue weighted by Gasteiger charge is -2.26. The number of hydrogen-bond donors (Lipinski definition) is 2. The van der Waals surface area contributed by atoms with Gasteiger partial charge in [0.15, 0.2) is 11.5 Å². The number of carbonyl (C=O) groups is 1. The smallest absolute Gasteiger partial charge is 0.253 e. The van der Waals surface area contributed by atoms with Crippen molar-refractivity contribution in [3.8, 4) is 11.5 Å². The monoisotopic (exact) mass is 500 g/mol. The minimum absolute atomic E-state index is 0.0255. The quantitative estimate of drug-likeness (QED) is 0.443. The number of H-pyrrole nitrogens is 1. The van der Waals surface area contributed by atoms with Gasteiger partial charge in [-0.25, -0.2) is 0 Å².